The quantitative estimate of drug-likeness (QED) is 0.299. The van der Waals surface area contributed by atoms with Crippen molar-refractivity contribution in [2.75, 3.05) is 24.3 Å². The number of anilines is 1. The smallest absolute Gasteiger partial charge is 0.262 e. The molecule has 0 unspecified atom stereocenters. The Morgan fingerprint density at radius 3 is 2.79 bits per heavy atom. The number of thioether (sulfide) groups is 1. The Hall–Kier alpha value is -3.26. The molecule has 0 atom stereocenters. The second kappa shape index (κ2) is 10.3. The summed E-state index contributed by atoms with van der Waals surface area (Å²) in [5.41, 5.74) is 2.63. The van der Waals surface area contributed by atoms with Crippen LogP contribution < -0.4 is 20.3 Å². The molecule has 0 fully saturated rings. The molecule has 2 aromatic carbocycles. The molecule has 1 amide bonds. The highest BCUT2D eigenvalue weighted by atomic mass is 32.2. The summed E-state index contributed by atoms with van der Waals surface area (Å²) < 4.78 is 12.8. The summed E-state index contributed by atoms with van der Waals surface area (Å²) >= 11 is 1.28. The number of allylic oxidation sites excluding steroid dienone is 2. The molecule has 0 bridgehead atoms. The Balaban J connectivity index is 1.32. The van der Waals surface area contributed by atoms with Crippen molar-refractivity contribution in [2.45, 2.75) is 43.8 Å². The maximum Gasteiger partial charge on any atom is 0.262 e. The van der Waals surface area contributed by atoms with Gasteiger partial charge >= 0.3 is 0 Å². The van der Waals surface area contributed by atoms with Gasteiger partial charge in [-0.1, -0.05) is 35.5 Å². The Kier molecular flexibility index (Phi) is 6.85. The van der Waals surface area contributed by atoms with Gasteiger partial charge in [0.05, 0.1) is 16.7 Å². The van der Waals surface area contributed by atoms with Crippen LogP contribution in [0.2, 0.25) is 0 Å². The standard InChI is InChI=1S/C26H27N3O4S/c30-24(27-19-10-11-22-23(16-19)33-15-14-32-22)17-34-26-28-21-9-5-4-8-20(21)25(31)29(26)13-12-18-6-2-1-3-7-18/h4-6,8-11,16H,1-3,7,12-15,17H2,(H,27,30). The third kappa shape index (κ3) is 5.12. The number of carbonyl (C=O) groups is 1. The summed E-state index contributed by atoms with van der Waals surface area (Å²) in [5.74, 6) is 1.27. The van der Waals surface area contributed by atoms with Gasteiger partial charge in [-0.05, 0) is 56.4 Å². The first-order chi connectivity index (χ1) is 16.7. The van der Waals surface area contributed by atoms with Crippen molar-refractivity contribution in [3.05, 3.63) is 64.5 Å². The summed E-state index contributed by atoms with van der Waals surface area (Å²) in [7, 11) is 0. The number of rotatable bonds is 7. The van der Waals surface area contributed by atoms with Gasteiger partial charge in [-0.3, -0.25) is 14.2 Å². The highest BCUT2D eigenvalue weighted by molar-refractivity contribution is 7.99. The van der Waals surface area contributed by atoms with Crippen LogP contribution in [0.3, 0.4) is 0 Å². The van der Waals surface area contributed by atoms with E-state index in [1.807, 2.05) is 24.3 Å². The zero-order chi connectivity index (χ0) is 23.3. The lowest BCUT2D eigenvalue weighted by molar-refractivity contribution is -0.113. The molecule has 5 rings (SSSR count). The molecule has 0 saturated carbocycles. The zero-order valence-electron chi connectivity index (χ0n) is 18.9. The lowest BCUT2D eigenvalue weighted by atomic mass is 9.97. The number of benzene rings is 2. The predicted octanol–water partition coefficient (Wildman–Crippen LogP) is 4.79. The van der Waals surface area contributed by atoms with Gasteiger partial charge in [0, 0.05) is 18.3 Å². The van der Waals surface area contributed by atoms with E-state index >= 15 is 0 Å². The first kappa shape index (κ1) is 22.5. The van der Waals surface area contributed by atoms with E-state index in [9.17, 15) is 9.59 Å². The van der Waals surface area contributed by atoms with Crippen molar-refractivity contribution in [1.29, 1.82) is 0 Å². The van der Waals surface area contributed by atoms with E-state index < -0.39 is 0 Å². The van der Waals surface area contributed by atoms with Crippen molar-refractivity contribution in [1.82, 2.24) is 9.55 Å². The fourth-order valence-corrected chi connectivity index (χ4v) is 5.12. The number of hydrogen-bond acceptors (Lipinski definition) is 6. The molecule has 1 N–H and O–H groups in total. The van der Waals surface area contributed by atoms with Crippen LogP contribution in [-0.2, 0) is 11.3 Å². The SMILES string of the molecule is O=C(CSc1nc2ccccc2c(=O)n1CCC1=CCCCC1)Nc1ccc2c(c1)OCCO2. The van der Waals surface area contributed by atoms with E-state index in [2.05, 4.69) is 11.4 Å². The van der Waals surface area contributed by atoms with Gasteiger partial charge in [0.15, 0.2) is 16.7 Å². The van der Waals surface area contributed by atoms with Crippen LogP contribution in [0.15, 0.2) is 64.1 Å². The van der Waals surface area contributed by atoms with Crippen LogP contribution in [0.25, 0.3) is 10.9 Å². The molecule has 0 spiro atoms. The maximum atomic E-state index is 13.3. The predicted molar refractivity (Wildman–Crippen MR) is 134 cm³/mol. The van der Waals surface area contributed by atoms with Crippen LogP contribution in [0, 0.1) is 0 Å². The first-order valence-electron chi connectivity index (χ1n) is 11.7. The molecule has 176 valence electrons. The summed E-state index contributed by atoms with van der Waals surface area (Å²) in [6.07, 6.45) is 7.78. The Morgan fingerprint density at radius 1 is 1.09 bits per heavy atom. The first-order valence-corrected chi connectivity index (χ1v) is 12.7. The molecular weight excluding hydrogens is 450 g/mol. The highest BCUT2D eigenvalue weighted by Gasteiger charge is 2.16. The summed E-state index contributed by atoms with van der Waals surface area (Å²) in [6.45, 7) is 1.57. The number of nitrogens with zero attached hydrogens (tertiary/aromatic N) is 2. The van der Waals surface area contributed by atoms with Gasteiger partial charge < -0.3 is 14.8 Å². The Morgan fingerprint density at radius 2 is 1.94 bits per heavy atom. The minimum atomic E-state index is -0.175. The van der Waals surface area contributed by atoms with Crippen LogP contribution in [-0.4, -0.2) is 34.4 Å². The van der Waals surface area contributed by atoms with Crippen molar-refractivity contribution >= 4 is 34.3 Å². The van der Waals surface area contributed by atoms with Gasteiger partial charge in [0.2, 0.25) is 5.91 Å². The van der Waals surface area contributed by atoms with Crippen LogP contribution in [0.4, 0.5) is 5.69 Å². The normalized spacial score (nSPS) is 15.1. The van der Waals surface area contributed by atoms with Gasteiger partial charge in [-0.15, -0.1) is 0 Å². The van der Waals surface area contributed by atoms with E-state index in [-0.39, 0.29) is 17.2 Å². The van der Waals surface area contributed by atoms with E-state index in [1.165, 1.54) is 30.2 Å². The second-order valence-corrected chi connectivity index (χ2v) is 9.36. The average Bonchev–Trinajstić information content (AvgIpc) is 2.87. The minimum absolute atomic E-state index is 0.0586. The molecule has 8 heteroatoms. The fraction of sp³-hybridized carbons (Fsp3) is 0.346. The molecule has 0 radical (unpaired) electrons. The third-order valence-electron chi connectivity index (χ3n) is 6.03. The number of fused-ring (bicyclic) bond motifs is 2. The topological polar surface area (TPSA) is 82.5 Å². The monoisotopic (exact) mass is 477 g/mol. The lowest BCUT2D eigenvalue weighted by Crippen LogP contribution is -2.24. The molecule has 1 aromatic heterocycles. The number of para-hydroxylation sites is 1. The summed E-state index contributed by atoms with van der Waals surface area (Å²) in [6, 6.07) is 12.7. The van der Waals surface area contributed by atoms with E-state index in [0.717, 1.165) is 19.3 Å². The Labute approximate surface area is 202 Å². The molecule has 1 aliphatic carbocycles. The molecule has 34 heavy (non-hydrogen) atoms. The number of amides is 1. The molecule has 1 aliphatic heterocycles. The zero-order valence-corrected chi connectivity index (χ0v) is 19.7. The van der Waals surface area contributed by atoms with E-state index in [0.29, 0.717) is 53.0 Å². The van der Waals surface area contributed by atoms with Crippen LogP contribution in [0.1, 0.15) is 32.1 Å². The molecule has 2 aliphatic rings. The van der Waals surface area contributed by atoms with Crippen molar-refractivity contribution in [2.24, 2.45) is 0 Å². The third-order valence-corrected chi connectivity index (χ3v) is 7.00. The van der Waals surface area contributed by atoms with E-state index in [4.69, 9.17) is 14.5 Å². The lowest BCUT2D eigenvalue weighted by Gasteiger charge is -2.19. The number of aromatic nitrogens is 2. The number of ether oxygens (including phenoxy) is 2. The summed E-state index contributed by atoms with van der Waals surface area (Å²) in [4.78, 5) is 30.7. The van der Waals surface area contributed by atoms with Gasteiger partial charge in [0.25, 0.3) is 5.56 Å². The van der Waals surface area contributed by atoms with Crippen LogP contribution in [0.5, 0.6) is 11.5 Å². The van der Waals surface area contributed by atoms with Crippen molar-refractivity contribution < 1.29 is 14.3 Å². The number of nitrogens with one attached hydrogen (secondary N) is 1. The number of carbonyl (C=O) groups excluding carboxylic acids is 1. The van der Waals surface area contributed by atoms with Gasteiger partial charge in [-0.2, -0.15) is 0 Å². The van der Waals surface area contributed by atoms with E-state index in [1.54, 1.807) is 22.8 Å². The van der Waals surface area contributed by atoms with Crippen molar-refractivity contribution in [3.8, 4) is 11.5 Å². The molecule has 7 nitrogen and oxygen atoms in total. The molecule has 3 aromatic rings. The highest BCUT2D eigenvalue weighted by Crippen LogP contribution is 2.32. The maximum absolute atomic E-state index is 13.3. The second-order valence-electron chi connectivity index (χ2n) is 8.42. The average molecular weight is 478 g/mol. The molecule has 2 heterocycles. The van der Waals surface area contributed by atoms with Crippen molar-refractivity contribution in [3.63, 3.8) is 0 Å². The summed E-state index contributed by atoms with van der Waals surface area (Å²) in [5, 5.41) is 4.07. The minimum Gasteiger partial charge on any atom is -0.486 e. The van der Waals surface area contributed by atoms with Gasteiger partial charge in [-0.25, -0.2) is 4.98 Å². The molecule has 0 saturated heterocycles. The number of hydrogen-bond donors (Lipinski definition) is 1. The van der Waals surface area contributed by atoms with Crippen LogP contribution >= 0.6 is 11.8 Å². The largest absolute Gasteiger partial charge is 0.486 e. The molecular formula is C26H27N3O4S. The fourth-order valence-electron chi connectivity index (χ4n) is 4.29. The van der Waals surface area contributed by atoms with Gasteiger partial charge in [0.1, 0.15) is 13.2 Å². The Bertz CT molecular complexity index is 1300.